The first-order chi connectivity index (χ1) is 14.2. The Labute approximate surface area is 188 Å². The van der Waals surface area contributed by atoms with Crippen molar-refractivity contribution in [2.45, 2.75) is 65.5 Å². The van der Waals surface area contributed by atoms with E-state index in [0.717, 1.165) is 44.2 Å². The van der Waals surface area contributed by atoms with Crippen LogP contribution in [0.5, 0.6) is 0 Å². The first-order valence-corrected chi connectivity index (χ1v) is 11.8. The van der Waals surface area contributed by atoms with Gasteiger partial charge in [0, 0.05) is 37.2 Å². The van der Waals surface area contributed by atoms with E-state index in [1.807, 2.05) is 37.8 Å². The van der Waals surface area contributed by atoms with Gasteiger partial charge in [0.25, 0.3) is 0 Å². The number of carbonyl (C=O) groups excluding carboxylic acids is 1. The molecule has 170 valence electrons. The summed E-state index contributed by atoms with van der Waals surface area (Å²) in [4.78, 5) is 19.2. The number of piperazine rings is 1. The third-order valence-electron chi connectivity index (χ3n) is 5.77. The zero-order chi connectivity index (χ0) is 22.1. The van der Waals surface area contributed by atoms with Crippen LogP contribution in [0.3, 0.4) is 0 Å². The molecule has 6 heteroatoms. The molecule has 1 aromatic rings. The maximum absolute atomic E-state index is 12.4. The van der Waals surface area contributed by atoms with E-state index >= 15 is 0 Å². The summed E-state index contributed by atoms with van der Waals surface area (Å²) in [6, 6.07) is 8.48. The topological polar surface area (TPSA) is 36.0 Å². The SMILES string of the molecule is CCN(CC)CCCCC(c1ccccc1Cl)N1CCN(C(=O)OC(C)(C)C)CC1. The second-order valence-electron chi connectivity index (χ2n) is 9.06. The number of unbranched alkanes of at least 4 members (excludes halogenated alkanes) is 1. The van der Waals surface area contributed by atoms with Crippen LogP contribution in [0.25, 0.3) is 0 Å². The lowest BCUT2D eigenvalue weighted by atomic mass is 9.98. The van der Waals surface area contributed by atoms with Gasteiger partial charge in [-0.05, 0) is 64.9 Å². The Morgan fingerprint density at radius 2 is 1.73 bits per heavy atom. The minimum absolute atomic E-state index is 0.212. The van der Waals surface area contributed by atoms with Gasteiger partial charge in [0.15, 0.2) is 0 Å². The molecule has 0 bridgehead atoms. The Morgan fingerprint density at radius 1 is 1.10 bits per heavy atom. The highest BCUT2D eigenvalue weighted by Crippen LogP contribution is 2.32. The van der Waals surface area contributed by atoms with Gasteiger partial charge in [0.05, 0.1) is 0 Å². The Morgan fingerprint density at radius 3 is 2.30 bits per heavy atom. The van der Waals surface area contributed by atoms with Crippen molar-refractivity contribution in [1.29, 1.82) is 0 Å². The van der Waals surface area contributed by atoms with Gasteiger partial charge in [-0.25, -0.2) is 4.79 Å². The summed E-state index contributed by atoms with van der Waals surface area (Å²) in [5.41, 5.74) is 0.742. The number of amides is 1. The van der Waals surface area contributed by atoms with Crippen LogP contribution in [-0.2, 0) is 4.74 Å². The van der Waals surface area contributed by atoms with Crippen molar-refractivity contribution in [2.75, 3.05) is 45.8 Å². The van der Waals surface area contributed by atoms with E-state index in [0.29, 0.717) is 13.1 Å². The Balaban J connectivity index is 1.98. The van der Waals surface area contributed by atoms with Crippen LogP contribution >= 0.6 is 11.6 Å². The minimum atomic E-state index is -0.459. The second-order valence-corrected chi connectivity index (χ2v) is 9.47. The summed E-state index contributed by atoms with van der Waals surface area (Å²) < 4.78 is 5.54. The quantitative estimate of drug-likeness (QED) is 0.481. The normalized spacial score (nSPS) is 16.7. The fraction of sp³-hybridized carbons (Fsp3) is 0.708. The van der Waals surface area contributed by atoms with Crippen molar-refractivity contribution in [3.05, 3.63) is 34.9 Å². The molecule has 1 fully saturated rings. The Kier molecular flexibility index (Phi) is 9.92. The molecule has 30 heavy (non-hydrogen) atoms. The molecule has 1 aliphatic heterocycles. The molecule has 1 atom stereocenters. The number of halogens is 1. The predicted octanol–water partition coefficient (Wildman–Crippen LogP) is 5.45. The van der Waals surface area contributed by atoms with Crippen LogP contribution in [0, 0.1) is 0 Å². The Hall–Kier alpha value is -1.30. The summed E-state index contributed by atoms with van der Waals surface area (Å²) in [5, 5.41) is 0.834. The molecule has 1 aliphatic rings. The van der Waals surface area contributed by atoms with Gasteiger partial charge < -0.3 is 14.5 Å². The maximum atomic E-state index is 12.4. The lowest BCUT2D eigenvalue weighted by molar-refractivity contribution is 0.00957. The smallest absolute Gasteiger partial charge is 0.410 e. The fourth-order valence-corrected chi connectivity index (χ4v) is 4.30. The molecule has 1 unspecified atom stereocenters. The molecule has 2 rings (SSSR count). The first-order valence-electron chi connectivity index (χ1n) is 11.4. The molecule has 5 nitrogen and oxygen atoms in total. The lowest BCUT2D eigenvalue weighted by Gasteiger charge is -2.40. The van der Waals surface area contributed by atoms with E-state index in [9.17, 15) is 4.79 Å². The van der Waals surface area contributed by atoms with E-state index in [1.165, 1.54) is 18.4 Å². The van der Waals surface area contributed by atoms with Gasteiger partial charge >= 0.3 is 6.09 Å². The van der Waals surface area contributed by atoms with E-state index in [1.54, 1.807) is 0 Å². The standard InChI is InChI=1S/C24H40ClN3O2/c1-6-26(7-2)15-11-10-14-22(20-12-8-9-13-21(20)25)27-16-18-28(19-17-27)23(29)30-24(3,4)5/h8-9,12-13,22H,6-7,10-11,14-19H2,1-5H3. The predicted molar refractivity (Wildman–Crippen MR) is 125 cm³/mol. The summed E-state index contributed by atoms with van der Waals surface area (Å²) in [6.45, 7) is 16.6. The first kappa shape index (κ1) is 25.0. The van der Waals surface area contributed by atoms with E-state index in [2.05, 4.69) is 35.8 Å². The highest BCUT2D eigenvalue weighted by Gasteiger charge is 2.30. The highest BCUT2D eigenvalue weighted by molar-refractivity contribution is 6.31. The van der Waals surface area contributed by atoms with Crippen molar-refractivity contribution in [2.24, 2.45) is 0 Å². The number of nitrogens with zero attached hydrogens (tertiary/aromatic N) is 3. The Bertz CT molecular complexity index is 650. The van der Waals surface area contributed by atoms with Crippen molar-refractivity contribution in [3.8, 4) is 0 Å². The van der Waals surface area contributed by atoms with Crippen LogP contribution in [0.15, 0.2) is 24.3 Å². The maximum Gasteiger partial charge on any atom is 0.410 e. The molecular formula is C24H40ClN3O2. The minimum Gasteiger partial charge on any atom is -0.444 e. The summed E-state index contributed by atoms with van der Waals surface area (Å²) in [7, 11) is 0. The van der Waals surface area contributed by atoms with Gasteiger partial charge in [-0.2, -0.15) is 0 Å². The van der Waals surface area contributed by atoms with Crippen LogP contribution in [0.1, 0.15) is 65.5 Å². The largest absolute Gasteiger partial charge is 0.444 e. The van der Waals surface area contributed by atoms with Gasteiger partial charge in [-0.1, -0.05) is 50.1 Å². The molecule has 0 spiro atoms. The number of carbonyl (C=O) groups is 1. The average Bonchev–Trinajstić information content (AvgIpc) is 2.71. The van der Waals surface area contributed by atoms with Crippen molar-refractivity contribution in [3.63, 3.8) is 0 Å². The summed E-state index contributed by atoms with van der Waals surface area (Å²) >= 11 is 6.58. The molecule has 0 N–H and O–H groups in total. The monoisotopic (exact) mass is 437 g/mol. The van der Waals surface area contributed by atoms with Crippen molar-refractivity contribution >= 4 is 17.7 Å². The zero-order valence-corrected chi connectivity index (χ0v) is 20.2. The molecule has 1 aromatic carbocycles. The van der Waals surface area contributed by atoms with E-state index < -0.39 is 5.60 Å². The van der Waals surface area contributed by atoms with Crippen LogP contribution in [0.4, 0.5) is 4.79 Å². The van der Waals surface area contributed by atoms with Gasteiger partial charge in [0.2, 0.25) is 0 Å². The lowest BCUT2D eigenvalue weighted by Crippen LogP contribution is -2.50. The molecule has 0 radical (unpaired) electrons. The number of ether oxygens (including phenoxy) is 1. The van der Waals surface area contributed by atoms with Gasteiger partial charge in [-0.3, -0.25) is 4.90 Å². The molecule has 1 saturated heterocycles. The summed E-state index contributed by atoms with van der Waals surface area (Å²) in [6.07, 6.45) is 3.23. The van der Waals surface area contributed by atoms with E-state index in [-0.39, 0.29) is 12.1 Å². The number of benzene rings is 1. The number of hydrogen-bond donors (Lipinski definition) is 0. The third kappa shape index (κ3) is 7.75. The number of rotatable bonds is 9. The second kappa shape index (κ2) is 11.9. The third-order valence-corrected chi connectivity index (χ3v) is 6.11. The van der Waals surface area contributed by atoms with Crippen LogP contribution < -0.4 is 0 Å². The number of hydrogen-bond acceptors (Lipinski definition) is 4. The molecule has 0 saturated carbocycles. The van der Waals surface area contributed by atoms with Gasteiger partial charge in [0.1, 0.15) is 5.60 Å². The summed E-state index contributed by atoms with van der Waals surface area (Å²) in [5.74, 6) is 0. The van der Waals surface area contributed by atoms with Crippen molar-refractivity contribution in [1.82, 2.24) is 14.7 Å². The molecule has 1 amide bonds. The average molecular weight is 438 g/mol. The van der Waals surface area contributed by atoms with Gasteiger partial charge in [-0.15, -0.1) is 0 Å². The van der Waals surface area contributed by atoms with Crippen molar-refractivity contribution < 1.29 is 9.53 Å². The molecular weight excluding hydrogens is 398 g/mol. The molecule has 1 heterocycles. The fourth-order valence-electron chi connectivity index (χ4n) is 4.04. The van der Waals surface area contributed by atoms with Crippen LogP contribution in [0.2, 0.25) is 5.02 Å². The van der Waals surface area contributed by atoms with E-state index in [4.69, 9.17) is 16.3 Å². The molecule has 0 aromatic heterocycles. The van der Waals surface area contributed by atoms with Crippen LogP contribution in [-0.4, -0.2) is 72.2 Å². The zero-order valence-electron chi connectivity index (χ0n) is 19.5. The molecule has 0 aliphatic carbocycles. The highest BCUT2D eigenvalue weighted by atomic mass is 35.5.